The number of rotatable bonds is 6. The van der Waals surface area contributed by atoms with E-state index in [0.717, 1.165) is 4.57 Å². The summed E-state index contributed by atoms with van der Waals surface area (Å²) < 4.78 is 43.2. The number of carbonyl (C=O) groups is 1. The van der Waals surface area contributed by atoms with Gasteiger partial charge in [-0.2, -0.15) is 0 Å². The van der Waals surface area contributed by atoms with E-state index in [0.29, 0.717) is 17.0 Å². The summed E-state index contributed by atoms with van der Waals surface area (Å²) in [6.45, 7) is 1.42. The van der Waals surface area contributed by atoms with Crippen molar-refractivity contribution >= 4 is 27.1 Å². The molecule has 0 radical (unpaired) electrons. The Morgan fingerprint density at radius 3 is 2.65 bits per heavy atom. The SMILES string of the molecule is COC(=O)Cn1c(=O)oc2cc(S(=O)(=O)NCc3ccc(C)o3)ccc21. The number of fused-ring (bicyclic) bond motifs is 1. The second kappa shape index (κ2) is 6.81. The number of ether oxygens (including phenoxy) is 1. The minimum Gasteiger partial charge on any atom is -0.468 e. The number of aromatic nitrogens is 1. The molecule has 2 aromatic heterocycles. The van der Waals surface area contributed by atoms with Crippen molar-refractivity contribution in [2.24, 2.45) is 0 Å². The highest BCUT2D eigenvalue weighted by Crippen LogP contribution is 2.19. The van der Waals surface area contributed by atoms with Gasteiger partial charge in [0.1, 0.15) is 18.1 Å². The van der Waals surface area contributed by atoms with Crippen LogP contribution in [0.25, 0.3) is 11.1 Å². The van der Waals surface area contributed by atoms with Crippen molar-refractivity contribution < 1.29 is 26.8 Å². The standard InChI is InChI=1S/C16H16N2O7S/c1-10-3-4-11(24-10)8-17-26(21,22)12-5-6-13-14(7-12)25-16(20)18(13)9-15(19)23-2/h3-7,17H,8-9H2,1-2H3. The number of furan rings is 1. The van der Waals surface area contributed by atoms with E-state index in [-0.39, 0.29) is 23.6 Å². The van der Waals surface area contributed by atoms with Crippen molar-refractivity contribution in [2.45, 2.75) is 24.9 Å². The number of benzene rings is 1. The van der Waals surface area contributed by atoms with Crippen LogP contribution in [0.15, 0.2) is 48.9 Å². The van der Waals surface area contributed by atoms with Crippen LogP contribution in [0, 0.1) is 6.92 Å². The van der Waals surface area contributed by atoms with Gasteiger partial charge in [-0.15, -0.1) is 0 Å². The Labute approximate surface area is 148 Å². The fraction of sp³-hybridized carbons (Fsp3) is 0.250. The van der Waals surface area contributed by atoms with E-state index in [1.807, 2.05) is 0 Å². The number of aryl methyl sites for hydroxylation is 1. The predicted octanol–water partition coefficient (Wildman–Crippen LogP) is 1.15. The van der Waals surface area contributed by atoms with Gasteiger partial charge >= 0.3 is 11.7 Å². The first-order valence-corrected chi connectivity index (χ1v) is 9.03. The number of nitrogens with one attached hydrogen (secondary N) is 1. The lowest BCUT2D eigenvalue weighted by Crippen LogP contribution is -2.23. The van der Waals surface area contributed by atoms with Crippen LogP contribution in [-0.4, -0.2) is 26.1 Å². The zero-order valence-corrected chi connectivity index (χ0v) is 14.8. The van der Waals surface area contributed by atoms with Crippen molar-refractivity contribution in [3.05, 3.63) is 52.4 Å². The fourth-order valence-corrected chi connectivity index (χ4v) is 3.40. The van der Waals surface area contributed by atoms with Crippen molar-refractivity contribution in [1.82, 2.24) is 9.29 Å². The van der Waals surface area contributed by atoms with Crippen molar-refractivity contribution in [2.75, 3.05) is 7.11 Å². The maximum absolute atomic E-state index is 12.4. The molecule has 0 aliphatic heterocycles. The van der Waals surface area contributed by atoms with Crippen LogP contribution in [0.2, 0.25) is 0 Å². The van der Waals surface area contributed by atoms with Crippen molar-refractivity contribution in [3.8, 4) is 0 Å². The first-order chi connectivity index (χ1) is 12.3. The molecule has 26 heavy (non-hydrogen) atoms. The van der Waals surface area contributed by atoms with Gasteiger partial charge in [-0.3, -0.25) is 9.36 Å². The molecular weight excluding hydrogens is 364 g/mol. The largest absolute Gasteiger partial charge is 0.468 e. The first-order valence-electron chi connectivity index (χ1n) is 7.55. The molecule has 0 amide bonds. The number of hydrogen-bond acceptors (Lipinski definition) is 7. The molecule has 3 rings (SSSR count). The fourth-order valence-electron chi connectivity index (χ4n) is 2.39. The lowest BCUT2D eigenvalue weighted by Gasteiger charge is -2.06. The molecule has 10 heteroatoms. The monoisotopic (exact) mass is 380 g/mol. The summed E-state index contributed by atoms with van der Waals surface area (Å²) in [6, 6.07) is 7.34. The molecule has 0 aliphatic carbocycles. The van der Waals surface area contributed by atoms with Crippen LogP contribution >= 0.6 is 0 Å². The number of hydrogen-bond donors (Lipinski definition) is 1. The van der Waals surface area contributed by atoms with Crippen LogP contribution in [0.1, 0.15) is 11.5 Å². The number of nitrogens with zero attached hydrogens (tertiary/aromatic N) is 1. The van der Waals surface area contributed by atoms with Crippen LogP contribution < -0.4 is 10.5 Å². The molecule has 2 heterocycles. The zero-order valence-electron chi connectivity index (χ0n) is 14.0. The number of sulfonamides is 1. The molecule has 138 valence electrons. The summed E-state index contributed by atoms with van der Waals surface area (Å²) in [4.78, 5) is 23.2. The second-order valence-corrected chi connectivity index (χ2v) is 7.26. The average molecular weight is 380 g/mol. The molecule has 0 aliphatic rings. The van der Waals surface area contributed by atoms with Gasteiger partial charge in [0.05, 0.1) is 24.1 Å². The molecule has 1 aromatic carbocycles. The van der Waals surface area contributed by atoms with Gasteiger partial charge in [-0.05, 0) is 31.2 Å². The van der Waals surface area contributed by atoms with Crippen LogP contribution in [0.5, 0.6) is 0 Å². The molecule has 1 N–H and O–H groups in total. The van der Waals surface area contributed by atoms with Crippen LogP contribution in [0.3, 0.4) is 0 Å². The average Bonchev–Trinajstić information content (AvgIpc) is 3.16. The Morgan fingerprint density at radius 1 is 1.23 bits per heavy atom. The molecule has 0 fully saturated rings. The molecular formula is C16H16N2O7S. The molecule has 9 nitrogen and oxygen atoms in total. The van der Waals surface area contributed by atoms with Crippen molar-refractivity contribution in [1.29, 1.82) is 0 Å². The zero-order chi connectivity index (χ0) is 18.9. The molecule has 0 unspecified atom stereocenters. The number of methoxy groups -OCH3 is 1. The second-order valence-electron chi connectivity index (χ2n) is 5.50. The minimum absolute atomic E-state index is 0.0124. The van der Waals surface area contributed by atoms with Gasteiger partial charge in [0.2, 0.25) is 10.0 Å². The normalized spacial score (nSPS) is 11.8. The Hall–Kier alpha value is -2.85. The summed E-state index contributed by atoms with van der Waals surface area (Å²) >= 11 is 0. The van der Waals surface area contributed by atoms with Crippen LogP contribution in [-0.2, 0) is 32.6 Å². The molecule has 3 aromatic rings. The van der Waals surface area contributed by atoms with Crippen molar-refractivity contribution in [3.63, 3.8) is 0 Å². The quantitative estimate of drug-likeness (QED) is 0.637. The van der Waals surface area contributed by atoms with Crippen LogP contribution in [0.4, 0.5) is 0 Å². The number of esters is 1. The Balaban J connectivity index is 1.88. The van der Waals surface area contributed by atoms with Gasteiger partial charge in [0, 0.05) is 6.07 Å². The topological polar surface area (TPSA) is 121 Å². The van der Waals surface area contributed by atoms with E-state index in [1.165, 1.54) is 25.3 Å². The summed E-state index contributed by atoms with van der Waals surface area (Å²) in [5.74, 6) is -0.252. The Bertz CT molecular complexity index is 1120. The molecule has 0 spiro atoms. The highest BCUT2D eigenvalue weighted by Gasteiger charge is 2.19. The summed E-state index contributed by atoms with van der Waals surface area (Å²) in [7, 11) is -2.64. The summed E-state index contributed by atoms with van der Waals surface area (Å²) in [5.41, 5.74) is 0.344. The van der Waals surface area contributed by atoms with Gasteiger partial charge in [-0.1, -0.05) is 0 Å². The maximum atomic E-state index is 12.4. The maximum Gasteiger partial charge on any atom is 0.420 e. The lowest BCUT2D eigenvalue weighted by molar-refractivity contribution is -0.141. The van der Waals surface area contributed by atoms with Gasteiger partial charge in [0.15, 0.2) is 5.58 Å². The van der Waals surface area contributed by atoms with E-state index in [2.05, 4.69) is 9.46 Å². The summed E-state index contributed by atoms with van der Waals surface area (Å²) in [5, 5.41) is 0. The predicted molar refractivity (Wildman–Crippen MR) is 90.0 cm³/mol. The Morgan fingerprint density at radius 2 is 2.00 bits per heavy atom. The highest BCUT2D eigenvalue weighted by molar-refractivity contribution is 7.89. The third kappa shape index (κ3) is 3.55. The highest BCUT2D eigenvalue weighted by atomic mass is 32.2. The first kappa shape index (κ1) is 18.0. The number of oxazole rings is 1. The lowest BCUT2D eigenvalue weighted by atomic mass is 10.3. The molecule has 0 saturated carbocycles. The third-order valence-electron chi connectivity index (χ3n) is 3.70. The molecule has 0 saturated heterocycles. The summed E-state index contributed by atoms with van der Waals surface area (Å²) in [6.07, 6.45) is 0. The van der Waals surface area contributed by atoms with E-state index in [9.17, 15) is 18.0 Å². The van der Waals surface area contributed by atoms with Gasteiger partial charge < -0.3 is 13.6 Å². The van der Waals surface area contributed by atoms with Gasteiger partial charge in [0.25, 0.3) is 0 Å². The Kier molecular flexibility index (Phi) is 4.70. The van der Waals surface area contributed by atoms with E-state index >= 15 is 0 Å². The van der Waals surface area contributed by atoms with Gasteiger partial charge in [-0.25, -0.2) is 17.9 Å². The third-order valence-corrected chi connectivity index (χ3v) is 5.10. The van der Waals surface area contributed by atoms with E-state index in [4.69, 9.17) is 8.83 Å². The smallest absolute Gasteiger partial charge is 0.420 e. The molecule has 0 atom stereocenters. The minimum atomic E-state index is -3.84. The molecule has 0 bridgehead atoms. The van der Waals surface area contributed by atoms with E-state index in [1.54, 1.807) is 19.1 Å². The number of carbonyl (C=O) groups excluding carboxylic acids is 1. The van der Waals surface area contributed by atoms with E-state index < -0.39 is 21.7 Å².